The van der Waals surface area contributed by atoms with Crippen LogP contribution in [0.15, 0.2) is 41.4 Å². The molecule has 0 spiro atoms. The average molecular weight is 325 g/mol. The van der Waals surface area contributed by atoms with Gasteiger partial charge >= 0.3 is 0 Å². The molecule has 1 heterocycles. The van der Waals surface area contributed by atoms with Crippen LogP contribution in [-0.4, -0.2) is 18.9 Å². The normalized spacial score (nSPS) is 13.0. The lowest BCUT2D eigenvalue weighted by Crippen LogP contribution is -2.26. The predicted octanol–water partition coefficient (Wildman–Crippen LogP) is 1.30. The zero-order valence-corrected chi connectivity index (χ0v) is 12.9. The molecule has 0 fully saturated rings. The summed E-state index contributed by atoms with van der Waals surface area (Å²) in [4.78, 5) is 11.1. The van der Waals surface area contributed by atoms with Gasteiger partial charge < -0.3 is 10.3 Å². The van der Waals surface area contributed by atoms with Gasteiger partial charge in [0, 0.05) is 19.3 Å². The number of rotatable bonds is 5. The molecule has 8 heteroatoms. The minimum absolute atomic E-state index is 0.0576. The molecule has 0 aliphatic heterocycles. The number of amides is 1. The van der Waals surface area contributed by atoms with E-state index in [0.717, 1.165) is 0 Å². The number of nitrogens with one attached hydrogen (secondary N) is 1. The molecule has 0 aliphatic carbocycles. The van der Waals surface area contributed by atoms with Crippen molar-refractivity contribution in [1.82, 2.24) is 9.29 Å². The number of nitrogens with zero attached hydrogens (tertiary/aromatic N) is 1. The number of aromatic nitrogens is 1. The van der Waals surface area contributed by atoms with Crippen LogP contribution < -0.4 is 10.5 Å². The Labute approximate surface area is 127 Å². The van der Waals surface area contributed by atoms with E-state index in [0.29, 0.717) is 5.56 Å². The lowest BCUT2D eigenvalue weighted by atomic mass is 10.1. The van der Waals surface area contributed by atoms with Crippen molar-refractivity contribution < 1.29 is 17.6 Å². The molecular formula is C14H16FN3O3S. The van der Waals surface area contributed by atoms with E-state index in [2.05, 4.69) is 4.72 Å². The van der Waals surface area contributed by atoms with Crippen LogP contribution in [0.2, 0.25) is 0 Å². The second-order valence-corrected chi connectivity index (χ2v) is 6.64. The average Bonchev–Trinajstić information content (AvgIpc) is 2.82. The van der Waals surface area contributed by atoms with E-state index < -0.39 is 27.8 Å². The third kappa shape index (κ3) is 3.34. The Morgan fingerprint density at radius 2 is 1.91 bits per heavy atom. The molecule has 3 N–H and O–H groups in total. The van der Waals surface area contributed by atoms with Crippen LogP contribution in [0, 0.1) is 5.82 Å². The molecule has 0 unspecified atom stereocenters. The summed E-state index contributed by atoms with van der Waals surface area (Å²) < 4.78 is 41.4. The van der Waals surface area contributed by atoms with Crippen molar-refractivity contribution in [2.24, 2.45) is 12.8 Å². The van der Waals surface area contributed by atoms with Gasteiger partial charge in [-0.15, -0.1) is 0 Å². The van der Waals surface area contributed by atoms with Crippen LogP contribution in [0.25, 0.3) is 0 Å². The molecule has 6 nitrogen and oxygen atoms in total. The van der Waals surface area contributed by atoms with E-state index in [1.165, 1.54) is 48.1 Å². The van der Waals surface area contributed by atoms with E-state index in [1.807, 2.05) is 0 Å². The number of primary amides is 1. The Hall–Kier alpha value is -2.19. The Kier molecular flexibility index (Phi) is 4.34. The summed E-state index contributed by atoms with van der Waals surface area (Å²) in [7, 11) is -2.30. The van der Waals surface area contributed by atoms with Gasteiger partial charge in [-0.2, -0.15) is 0 Å². The van der Waals surface area contributed by atoms with Crippen molar-refractivity contribution in [2.75, 3.05) is 0 Å². The summed E-state index contributed by atoms with van der Waals surface area (Å²) in [5.41, 5.74) is 5.88. The predicted molar refractivity (Wildman–Crippen MR) is 79.1 cm³/mol. The number of hydrogen-bond donors (Lipinski definition) is 2. The molecule has 0 saturated carbocycles. The van der Waals surface area contributed by atoms with E-state index >= 15 is 0 Å². The van der Waals surface area contributed by atoms with Crippen LogP contribution in [-0.2, 0) is 17.1 Å². The molecule has 1 atom stereocenters. The molecule has 2 rings (SSSR count). The highest BCUT2D eigenvalue weighted by molar-refractivity contribution is 7.89. The van der Waals surface area contributed by atoms with Gasteiger partial charge in [-0.05, 0) is 30.7 Å². The molecular weight excluding hydrogens is 309 g/mol. The van der Waals surface area contributed by atoms with Crippen molar-refractivity contribution in [2.45, 2.75) is 17.9 Å². The quantitative estimate of drug-likeness (QED) is 0.867. The number of benzene rings is 1. The van der Waals surface area contributed by atoms with E-state index in [9.17, 15) is 17.6 Å². The van der Waals surface area contributed by atoms with Crippen LogP contribution in [0.3, 0.4) is 0 Å². The smallest absolute Gasteiger partial charge is 0.265 e. The number of hydrogen-bond acceptors (Lipinski definition) is 3. The Morgan fingerprint density at radius 1 is 1.32 bits per heavy atom. The highest BCUT2D eigenvalue weighted by atomic mass is 32.2. The molecule has 1 aromatic carbocycles. The Morgan fingerprint density at radius 3 is 2.41 bits per heavy atom. The number of aryl methyl sites for hydroxylation is 1. The third-order valence-corrected chi connectivity index (χ3v) is 4.75. The van der Waals surface area contributed by atoms with Gasteiger partial charge in [0.1, 0.15) is 16.4 Å². The number of nitrogens with two attached hydrogens (primary N) is 1. The lowest BCUT2D eigenvalue weighted by molar-refractivity contribution is 0.0992. The molecule has 1 aromatic heterocycles. The molecule has 1 amide bonds. The summed E-state index contributed by atoms with van der Waals surface area (Å²) in [5, 5.41) is 0. The summed E-state index contributed by atoms with van der Waals surface area (Å²) in [5.74, 6) is -1.11. The first-order valence-electron chi connectivity index (χ1n) is 6.44. The highest BCUT2D eigenvalue weighted by Gasteiger charge is 2.22. The highest BCUT2D eigenvalue weighted by Crippen LogP contribution is 2.19. The minimum atomic E-state index is -3.83. The van der Waals surface area contributed by atoms with Crippen molar-refractivity contribution >= 4 is 15.9 Å². The second kappa shape index (κ2) is 5.90. The minimum Gasteiger partial charge on any atom is -0.364 e. The number of sulfonamides is 1. The zero-order valence-electron chi connectivity index (χ0n) is 12.1. The summed E-state index contributed by atoms with van der Waals surface area (Å²) in [6.45, 7) is 1.64. The molecule has 118 valence electrons. The fourth-order valence-corrected chi connectivity index (χ4v) is 3.35. The summed E-state index contributed by atoms with van der Waals surface area (Å²) >= 11 is 0. The Balaban J connectivity index is 2.25. The fraction of sp³-hybridized carbons (Fsp3) is 0.214. The van der Waals surface area contributed by atoms with Gasteiger partial charge in [-0.1, -0.05) is 12.1 Å². The number of halogens is 1. The van der Waals surface area contributed by atoms with Crippen molar-refractivity contribution in [3.05, 3.63) is 53.6 Å². The number of carbonyl (C=O) groups excluding carboxylic acids is 1. The van der Waals surface area contributed by atoms with Gasteiger partial charge in [0.15, 0.2) is 0 Å². The molecule has 22 heavy (non-hydrogen) atoms. The van der Waals surface area contributed by atoms with Gasteiger partial charge in [0.2, 0.25) is 10.0 Å². The fourth-order valence-electron chi connectivity index (χ4n) is 2.05. The summed E-state index contributed by atoms with van der Waals surface area (Å²) in [6, 6.07) is 6.18. The van der Waals surface area contributed by atoms with Crippen LogP contribution in [0.5, 0.6) is 0 Å². The topological polar surface area (TPSA) is 94.2 Å². The van der Waals surface area contributed by atoms with Crippen molar-refractivity contribution in [3.8, 4) is 0 Å². The zero-order chi connectivity index (χ0) is 16.5. The van der Waals surface area contributed by atoms with E-state index in [-0.39, 0.29) is 10.6 Å². The van der Waals surface area contributed by atoms with Crippen molar-refractivity contribution in [1.29, 1.82) is 0 Å². The molecule has 0 saturated heterocycles. The van der Waals surface area contributed by atoms with E-state index in [1.54, 1.807) is 6.92 Å². The van der Waals surface area contributed by atoms with Gasteiger partial charge in [-0.3, -0.25) is 4.79 Å². The standard InChI is InChI=1S/C14H16FN3O3S/c1-9(10-3-5-11(15)6-4-10)17-22(20,21)12-7-13(14(16)19)18(2)8-12/h3-9,17H,1-2H3,(H2,16,19)/t9-/m1/s1. The van der Waals surface area contributed by atoms with Gasteiger partial charge in [-0.25, -0.2) is 17.5 Å². The third-order valence-electron chi connectivity index (χ3n) is 3.24. The molecule has 0 radical (unpaired) electrons. The SMILES string of the molecule is C[C@@H](NS(=O)(=O)c1cc(C(N)=O)n(C)c1)c1ccc(F)cc1. The number of carbonyl (C=O) groups is 1. The first-order chi connectivity index (χ1) is 10.2. The monoisotopic (exact) mass is 325 g/mol. The molecule has 0 aliphatic rings. The van der Waals surface area contributed by atoms with Crippen LogP contribution in [0.1, 0.15) is 29.0 Å². The van der Waals surface area contributed by atoms with Gasteiger partial charge in [0.25, 0.3) is 5.91 Å². The maximum Gasteiger partial charge on any atom is 0.265 e. The summed E-state index contributed by atoms with van der Waals surface area (Å²) in [6.07, 6.45) is 1.31. The molecule has 0 bridgehead atoms. The van der Waals surface area contributed by atoms with Crippen LogP contribution in [0.4, 0.5) is 4.39 Å². The lowest BCUT2D eigenvalue weighted by Gasteiger charge is -2.13. The van der Waals surface area contributed by atoms with Crippen molar-refractivity contribution in [3.63, 3.8) is 0 Å². The maximum absolute atomic E-state index is 12.9. The first-order valence-corrected chi connectivity index (χ1v) is 7.93. The maximum atomic E-state index is 12.9. The molecule has 2 aromatic rings. The van der Waals surface area contributed by atoms with E-state index in [4.69, 9.17) is 5.73 Å². The first kappa shape index (κ1) is 16.2. The second-order valence-electron chi connectivity index (χ2n) is 4.93. The van der Waals surface area contributed by atoms with Crippen LogP contribution >= 0.6 is 0 Å². The largest absolute Gasteiger partial charge is 0.364 e. The Bertz CT molecular complexity index is 797. The van der Waals surface area contributed by atoms with Gasteiger partial charge in [0.05, 0.1) is 0 Å².